The highest BCUT2D eigenvalue weighted by Crippen LogP contribution is 2.26. The van der Waals surface area contributed by atoms with Gasteiger partial charge in [0, 0.05) is 26.2 Å². The van der Waals surface area contributed by atoms with Crippen LogP contribution in [-0.2, 0) is 19.6 Å². The predicted molar refractivity (Wildman–Crippen MR) is 127 cm³/mol. The highest BCUT2D eigenvalue weighted by atomic mass is 32.2. The molecular weight excluding hydrogens is 438 g/mol. The second kappa shape index (κ2) is 10.8. The molecule has 0 saturated carbocycles. The number of nitrogens with one attached hydrogen (secondary N) is 1. The Kier molecular flexibility index (Phi) is 7.80. The number of carbonyl (C=O) groups excluding carboxylic acids is 1. The van der Waals surface area contributed by atoms with E-state index in [1.165, 1.54) is 4.31 Å². The lowest BCUT2D eigenvalue weighted by atomic mass is 10.0. The van der Waals surface area contributed by atoms with E-state index in [4.69, 9.17) is 4.74 Å². The molecule has 2 aromatic rings. The molecule has 0 radical (unpaired) electrons. The highest BCUT2D eigenvalue weighted by Gasteiger charge is 2.38. The number of nitrogens with zero attached hydrogens (tertiary/aromatic N) is 2. The summed E-state index contributed by atoms with van der Waals surface area (Å²) in [6.07, 6.45) is 2.13. The Hall–Kier alpha value is -2.26. The number of benzene rings is 2. The molecule has 4 rings (SSSR count). The molecule has 0 aromatic heterocycles. The van der Waals surface area contributed by atoms with Crippen molar-refractivity contribution >= 4 is 15.9 Å². The van der Waals surface area contributed by atoms with Gasteiger partial charge in [-0.15, -0.1) is 0 Å². The van der Waals surface area contributed by atoms with E-state index in [1.54, 1.807) is 24.3 Å². The molecule has 7 nitrogen and oxygen atoms in total. The number of morpholine rings is 1. The van der Waals surface area contributed by atoms with Crippen LogP contribution in [0.2, 0.25) is 0 Å². The van der Waals surface area contributed by atoms with Crippen LogP contribution in [0, 0.1) is 6.92 Å². The maximum Gasteiger partial charge on any atom is 0.243 e. The smallest absolute Gasteiger partial charge is 0.243 e. The molecule has 2 heterocycles. The minimum absolute atomic E-state index is 0.0183. The van der Waals surface area contributed by atoms with Gasteiger partial charge < -0.3 is 10.1 Å². The lowest BCUT2D eigenvalue weighted by Gasteiger charge is -2.36. The molecule has 2 fully saturated rings. The number of hydrogen-bond donors (Lipinski definition) is 1. The van der Waals surface area contributed by atoms with E-state index in [0.717, 1.165) is 37.1 Å². The van der Waals surface area contributed by atoms with Crippen molar-refractivity contribution in [3.8, 4) is 0 Å². The number of rotatable bonds is 7. The highest BCUT2D eigenvalue weighted by molar-refractivity contribution is 7.89. The SMILES string of the molecule is Cc1ccc(S(=O)(=O)N2CCCCC2C(=O)NCC(c2ccccc2)N2CCOCC2)cc1. The molecule has 0 aliphatic carbocycles. The molecule has 33 heavy (non-hydrogen) atoms. The van der Waals surface area contributed by atoms with Crippen molar-refractivity contribution in [2.45, 2.75) is 43.2 Å². The van der Waals surface area contributed by atoms with Gasteiger partial charge in [0.1, 0.15) is 6.04 Å². The number of hydrogen-bond acceptors (Lipinski definition) is 5. The van der Waals surface area contributed by atoms with E-state index in [1.807, 2.05) is 25.1 Å². The van der Waals surface area contributed by atoms with E-state index >= 15 is 0 Å². The number of sulfonamides is 1. The first-order chi connectivity index (χ1) is 16.0. The third-order valence-corrected chi connectivity index (χ3v) is 8.45. The summed E-state index contributed by atoms with van der Waals surface area (Å²) >= 11 is 0. The zero-order chi connectivity index (χ0) is 23.3. The van der Waals surface area contributed by atoms with Gasteiger partial charge >= 0.3 is 0 Å². The van der Waals surface area contributed by atoms with Gasteiger partial charge in [0.05, 0.1) is 24.2 Å². The summed E-state index contributed by atoms with van der Waals surface area (Å²) in [5.74, 6) is -0.223. The van der Waals surface area contributed by atoms with Gasteiger partial charge in [0.25, 0.3) is 0 Å². The number of aryl methyl sites for hydroxylation is 1. The summed E-state index contributed by atoms with van der Waals surface area (Å²) in [6, 6.07) is 16.3. The van der Waals surface area contributed by atoms with E-state index in [9.17, 15) is 13.2 Å². The lowest BCUT2D eigenvalue weighted by molar-refractivity contribution is -0.126. The number of amides is 1. The number of piperidine rings is 1. The summed E-state index contributed by atoms with van der Waals surface area (Å²) in [5, 5.41) is 3.08. The normalized spacial score (nSPS) is 21.4. The van der Waals surface area contributed by atoms with Crippen LogP contribution in [0.5, 0.6) is 0 Å². The van der Waals surface area contributed by atoms with Crippen LogP contribution >= 0.6 is 0 Å². The van der Waals surface area contributed by atoms with Crippen molar-refractivity contribution in [1.29, 1.82) is 0 Å². The standard InChI is InChI=1S/C25H33N3O4S/c1-20-10-12-22(13-11-20)33(30,31)28-14-6-5-9-23(28)25(29)26-19-24(21-7-3-2-4-8-21)27-15-17-32-18-16-27/h2-4,7-8,10-13,23-24H,5-6,9,14-19H2,1H3,(H,26,29). The van der Waals surface area contributed by atoms with Gasteiger partial charge in [-0.05, 0) is 37.5 Å². The van der Waals surface area contributed by atoms with Crippen LogP contribution in [0.25, 0.3) is 0 Å². The molecule has 2 aromatic carbocycles. The first kappa shape index (κ1) is 23.9. The summed E-state index contributed by atoms with van der Waals surface area (Å²) in [4.78, 5) is 15.9. The average molecular weight is 472 g/mol. The topological polar surface area (TPSA) is 79.0 Å². The largest absolute Gasteiger partial charge is 0.379 e. The fourth-order valence-electron chi connectivity index (χ4n) is 4.64. The van der Waals surface area contributed by atoms with Gasteiger partial charge in [-0.25, -0.2) is 8.42 Å². The van der Waals surface area contributed by atoms with Crippen LogP contribution in [0.4, 0.5) is 0 Å². The molecule has 1 amide bonds. The average Bonchev–Trinajstić information content (AvgIpc) is 2.85. The first-order valence-corrected chi connectivity index (χ1v) is 13.1. The fraction of sp³-hybridized carbons (Fsp3) is 0.480. The summed E-state index contributed by atoms with van der Waals surface area (Å²) < 4.78 is 33.6. The molecule has 2 unspecified atom stereocenters. The van der Waals surface area contributed by atoms with Gasteiger partial charge in [0.15, 0.2) is 0 Å². The maximum absolute atomic E-state index is 13.3. The van der Waals surface area contributed by atoms with E-state index in [2.05, 4.69) is 22.3 Å². The minimum atomic E-state index is -3.74. The summed E-state index contributed by atoms with van der Waals surface area (Å²) in [6.45, 7) is 5.65. The van der Waals surface area contributed by atoms with E-state index in [0.29, 0.717) is 32.7 Å². The molecule has 0 spiro atoms. The van der Waals surface area contributed by atoms with Crippen LogP contribution in [0.3, 0.4) is 0 Å². The second-order valence-electron chi connectivity index (χ2n) is 8.76. The Balaban J connectivity index is 1.49. The molecule has 178 valence electrons. The third kappa shape index (κ3) is 5.63. The van der Waals surface area contributed by atoms with Crippen molar-refractivity contribution < 1.29 is 17.9 Å². The molecular formula is C25H33N3O4S. The molecule has 1 N–H and O–H groups in total. The van der Waals surface area contributed by atoms with Gasteiger partial charge in [-0.1, -0.05) is 54.4 Å². The number of ether oxygens (including phenoxy) is 1. The first-order valence-electron chi connectivity index (χ1n) is 11.7. The Morgan fingerprint density at radius 1 is 1.03 bits per heavy atom. The molecule has 2 aliphatic heterocycles. The Morgan fingerprint density at radius 3 is 2.42 bits per heavy atom. The predicted octanol–water partition coefficient (Wildman–Crippen LogP) is 2.73. The Labute approximate surface area is 196 Å². The van der Waals surface area contributed by atoms with Gasteiger partial charge in [-0.3, -0.25) is 9.69 Å². The quantitative estimate of drug-likeness (QED) is 0.672. The fourth-order valence-corrected chi connectivity index (χ4v) is 6.29. The van der Waals surface area contributed by atoms with Crippen molar-refractivity contribution in [2.75, 3.05) is 39.4 Å². The zero-order valence-electron chi connectivity index (χ0n) is 19.2. The van der Waals surface area contributed by atoms with Crippen molar-refractivity contribution in [3.05, 3.63) is 65.7 Å². The molecule has 0 bridgehead atoms. The van der Waals surface area contributed by atoms with Crippen LogP contribution in [-0.4, -0.2) is 69.0 Å². The maximum atomic E-state index is 13.3. The van der Waals surface area contributed by atoms with Crippen LogP contribution in [0.15, 0.2) is 59.5 Å². The number of carbonyl (C=O) groups is 1. The molecule has 2 aliphatic rings. The van der Waals surface area contributed by atoms with Crippen molar-refractivity contribution in [1.82, 2.24) is 14.5 Å². The lowest BCUT2D eigenvalue weighted by Crippen LogP contribution is -2.53. The van der Waals surface area contributed by atoms with Crippen LogP contribution in [0.1, 0.15) is 36.4 Å². The van der Waals surface area contributed by atoms with E-state index in [-0.39, 0.29) is 16.8 Å². The zero-order valence-corrected chi connectivity index (χ0v) is 20.0. The monoisotopic (exact) mass is 471 g/mol. The molecule has 2 atom stereocenters. The second-order valence-corrected chi connectivity index (χ2v) is 10.7. The Morgan fingerprint density at radius 2 is 1.73 bits per heavy atom. The molecule has 2 saturated heterocycles. The van der Waals surface area contributed by atoms with Crippen molar-refractivity contribution in [3.63, 3.8) is 0 Å². The minimum Gasteiger partial charge on any atom is -0.379 e. The molecule has 8 heteroatoms. The van der Waals surface area contributed by atoms with Gasteiger partial charge in [-0.2, -0.15) is 4.31 Å². The Bertz CT molecular complexity index is 1020. The van der Waals surface area contributed by atoms with E-state index < -0.39 is 16.1 Å². The van der Waals surface area contributed by atoms with Crippen LogP contribution < -0.4 is 5.32 Å². The third-order valence-electron chi connectivity index (χ3n) is 6.52. The summed E-state index contributed by atoms with van der Waals surface area (Å²) in [5.41, 5.74) is 2.13. The van der Waals surface area contributed by atoms with Gasteiger partial charge in [0.2, 0.25) is 15.9 Å². The summed E-state index contributed by atoms with van der Waals surface area (Å²) in [7, 11) is -3.74. The van der Waals surface area contributed by atoms with Crippen molar-refractivity contribution in [2.24, 2.45) is 0 Å².